The number of hydrogen-bond acceptors (Lipinski definition) is 8. The molecule has 8 nitrogen and oxygen atoms in total. The van der Waals surface area contributed by atoms with Crippen molar-refractivity contribution in [2.75, 3.05) is 26.4 Å². The fourth-order valence-corrected chi connectivity index (χ4v) is 5.76. The molecule has 0 saturated carbocycles. The van der Waals surface area contributed by atoms with Crippen molar-refractivity contribution in [1.29, 1.82) is 0 Å². The fourth-order valence-electron chi connectivity index (χ4n) is 5.01. The molecule has 5 N–H and O–H groups in total. The first-order chi connectivity index (χ1) is 18.4. The Labute approximate surface area is 245 Å². The highest BCUT2D eigenvalue weighted by Crippen LogP contribution is 2.49. The minimum absolute atomic E-state index is 0.288. The summed E-state index contributed by atoms with van der Waals surface area (Å²) in [5.74, 6) is 0.710. The molecular formula is C30H56O8P2. The van der Waals surface area contributed by atoms with Crippen LogP contribution in [0.5, 0.6) is 0 Å². The molecular weight excluding hydrogens is 550 g/mol. The summed E-state index contributed by atoms with van der Waals surface area (Å²) >= 11 is 0. The van der Waals surface area contributed by atoms with Crippen LogP contribution in [0.25, 0.3) is 0 Å². The number of aliphatic hydroxyl groups is 1. The first kappa shape index (κ1) is 37.8. The molecule has 0 amide bonds. The molecule has 1 unspecified atom stereocenters. The maximum Gasteiger partial charge on any atom is 0.327 e. The van der Waals surface area contributed by atoms with E-state index >= 15 is 0 Å². The number of ether oxygens (including phenoxy) is 1. The van der Waals surface area contributed by atoms with Gasteiger partial charge >= 0.3 is 17.2 Å². The Morgan fingerprint density at radius 2 is 1.20 bits per heavy atom. The molecule has 0 saturated heterocycles. The minimum Gasteiger partial charge on any atom is -0.395 e. The Morgan fingerprint density at radius 3 is 1.60 bits per heavy atom. The third-order valence-electron chi connectivity index (χ3n) is 7.22. The van der Waals surface area contributed by atoms with Crippen LogP contribution < -0.4 is 0 Å². The van der Waals surface area contributed by atoms with Crippen LogP contribution in [-0.4, -0.2) is 51.1 Å². The molecule has 0 fully saturated rings. The van der Waals surface area contributed by atoms with Gasteiger partial charge in [-0.25, -0.2) is 0 Å². The predicted molar refractivity (Wildman–Crippen MR) is 164 cm³/mol. The van der Waals surface area contributed by atoms with Crippen molar-refractivity contribution in [2.24, 2.45) is 11.3 Å². The van der Waals surface area contributed by atoms with Gasteiger partial charge in [-0.2, -0.15) is 0 Å². The smallest absolute Gasteiger partial charge is 0.327 e. The molecule has 0 aliphatic rings. The lowest BCUT2D eigenvalue weighted by Crippen LogP contribution is -2.44. The maximum atomic E-state index is 10.9. The molecule has 1 atom stereocenters. The molecule has 10 heteroatoms. The van der Waals surface area contributed by atoms with Gasteiger partial charge in [-0.3, -0.25) is 0 Å². The highest BCUT2D eigenvalue weighted by Gasteiger charge is 2.46. The zero-order chi connectivity index (χ0) is 30.7. The number of rotatable bonds is 18. The van der Waals surface area contributed by atoms with E-state index in [0.717, 1.165) is 41.5 Å². The van der Waals surface area contributed by atoms with Gasteiger partial charge in [0.05, 0.1) is 31.3 Å². The lowest BCUT2D eigenvalue weighted by molar-refractivity contribution is -0.111. The van der Waals surface area contributed by atoms with E-state index in [1.165, 1.54) is 19.3 Å². The third kappa shape index (κ3) is 12.6. The molecule has 1 aromatic rings. The second-order valence-electron chi connectivity index (χ2n) is 13.5. The largest absolute Gasteiger partial charge is 0.395 e. The summed E-state index contributed by atoms with van der Waals surface area (Å²) in [6.07, 6.45) is 5.78. The first-order valence-electron chi connectivity index (χ1n) is 14.4. The van der Waals surface area contributed by atoms with Crippen LogP contribution in [-0.2, 0) is 24.6 Å². The quantitative estimate of drug-likeness (QED) is 0.0886. The summed E-state index contributed by atoms with van der Waals surface area (Å²) in [4.78, 5) is 38.5. The average Bonchev–Trinajstić information content (AvgIpc) is 2.82. The van der Waals surface area contributed by atoms with Gasteiger partial charge in [0.2, 0.25) is 0 Å². The highest BCUT2D eigenvalue weighted by atomic mass is 31.2. The summed E-state index contributed by atoms with van der Waals surface area (Å²) in [6.45, 7) is 18.6. The first-order valence-corrected chi connectivity index (χ1v) is 16.8. The van der Waals surface area contributed by atoms with Crippen molar-refractivity contribution in [3.63, 3.8) is 0 Å². The maximum absolute atomic E-state index is 10.9. The summed E-state index contributed by atoms with van der Waals surface area (Å²) in [6, 6.07) is 4.27. The van der Waals surface area contributed by atoms with Crippen LogP contribution in [0.3, 0.4) is 0 Å². The summed E-state index contributed by atoms with van der Waals surface area (Å²) in [7, 11) is -5.45. The van der Waals surface area contributed by atoms with Crippen LogP contribution in [0.4, 0.5) is 0 Å². The molecule has 0 aliphatic carbocycles. The molecule has 0 radical (unpaired) electrons. The molecule has 40 heavy (non-hydrogen) atoms. The van der Waals surface area contributed by atoms with E-state index in [-0.39, 0.29) is 24.0 Å². The van der Waals surface area contributed by atoms with Crippen LogP contribution in [0.15, 0.2) is 12.1 Å². The van der Waals surface area contributed by atoms with E-state index in [9.17, 15) is 24.7 Å². The summed E-state index contributed by atoms with van der Waals surface area (Å²) < 4.78 is 17.3. The Bertz CT molecular complexity index is 815. The minimum atomic E-state index is -2.73. The van der Waals surface area contributed by atoms with E-state index < -0.39 is 35.3 Å². The van der Waals surface area contributed by atoms with Gasteiger partial charge in [-0.15, -0.1) is 0 Å². The molecule has 0 bridgehead atoms. The molecule has 0 spiro atoms. The van der Waals surface area contributed by atoms with Gasteiger partial charge < -0.3 is 38.5 Å². The van der Waals surface area contributed by atoms with Gasteiger partial charge in [0.15, 0.2) is 0 Å². The van der Waals surface area contributed by atoms with Gasteiger partial charge in [0, 0.05) is 6.61 Å². The second-order valence-corrected chi connectivity index (χ2v) is 15.1. The van der Waals surface area contributed by atoms with Crippen LogP contribution in [0.1, 0.15) is 122 Å². The van der Waals surface area contributed by atoms with E-state index in [2.05, 4.69) is 74.4 Å². The van der Waals surface area contributed by atoms with Crippen molar-refractivity contribution in [1.82, 2.24) is 0 Å². The van der Waals surface area contributed by atoms with Crippen LogP contribution in [0, 0.1) is 18.3 Å². The SMILES string of the molecule is Cc1cc(C(C)(C)C)c(C(OCCCCCCCC(C)C)C(CO)(COP(O)O)COP(O)O)c(C(C)(C)C)c1. The Balaban J connectivity index is 3.62. The molecule has 234 valence electrons. The number of aryl methyl sites for hydroxylation is 1. The average molecular weight is 607 g/mol. The fraction of sp³-hybridized carbons (Fsp3) is 0.800. The summed E-state index contributed by atoms with van der Waals surface area (Å²) in [5, 5.41) is 10.9. The van der Waals surface area contributed by atoms with Crippen molar-refractivity contribution in [2.45, 2.75) is 118 Å². The van der Waals surface area contributed by atoms with Crippen molar-refractivity contribution in [3.8, 4) is 0 Å². The summed E-state index contributed by atoms with van der Waals surface area (Å²) in [5.41, 5.74) is 2.16. The standard InChI is InChI=1S/C30H56O8P2/c1-22(2)15-13-11-10-12-14-16-36-27(30(19-31,20-37-39(32)33)21-38-40(34)35)26-24(28(4,5)6)17-23(3)18-25(26)29(7,8)9/h17-18,22,27,31-35H,10-16,19-21H2,1-9H3. The van der Waals surface area contributed by atoms with Crippen molar-refractivity contribution < 1.29 is 38.5 Å². The van der Waals surface area contributed by atoms with Gasteiger partial charge in [0.25, 0.3) is 0 Å². The molecule has 0 aliphatic heterocycles. The van der Waals surface area contributed by atoms with E-state index in [1.807, 2.05) is 0 Å². The second kappa shape index (κ2) is 17.2. The Morgan fingerprint density at radius 1 is 0.750 bits per heavy atom. The topological polar surface area (TPSA) is 129 Å². The van der Waals surface area contributed by atoms with Gasteiger partial charge in [0.1, 0.15) is 0 Å². The normalized spacial score (nSPS) is 14.1. The Hall–Kier alpha value is -0.240. The lowest BCUT2D eigenvalue weighted by atomic mass is 9.69. The van der Waals surface area contributed by atoms with E-state index in [1.54, 1.807) is 0 Å². The molecule has 1 rings (SSSR count). The number of hydrogen-bond donors (Lipinski definition) is 5. The van der Waals surface area contributed by atoms with Crippen molar-refractivity contribution in [3.05, 3.63) is 34.4 Å². The third-order valence-corrected chi connectivity index (χ3v) is 7.94. The predicted octanol–water partition coefficient (Wildman–Crippen LogP) is 7.08. The number of unbranched alkanes of at least 4 members (excludes halogenated alkanes) is 4. The van der Waals surface area contributed by atoms with E-state index in [0.29, 0.717) is 12.5 Å². The van der Waals surface area contributed by atoms with Gasteiger partial charge in [-0.05, 0) is 46.8 Å². The molecule has 0 heterocycles. The van der Waals surface area contributed by atoms with Crippen molar-refractivity contribution >= 4 is 17.2 Å². The highest BCUT2D eigenvalue weighted by molar-refractivity contribution is 7.39. The molecule has 1 aromatic carbocycles. The zero-order valence-corrected chi connectivity index (χ0v) is 28.0. The monoisotopic (exact) mass is 606 g/mol. The lowest BCUT2D eigenvalue weighted by Gasteiger charge is -2.43. The Kier molecular flexibility index (Phi) is 16.2. The van der Waals surface area contributed by atoms with E-state index in [4.69, 9.17) is 13.8 Å². The van der Waals surface area contributed by atoms with Crippen LogP contribution >= 0.6 is 17.2 Å². The van der Waals surface area contributed by atoms with Gasteiger partial charge in [-0.1, -0.05) is 105 Å². The number of benzene rings is 1. The zero-order valence-electron chi connectivity index (χ0n) is 26.2. The number of aliphatic hydroxyl groups excluding tert-OH is 1. The molecule has 0 aromatic heterocycles. The van der Waals surface area contributed by atoms with Crippen LogP contribution in [0.2, 0.25) is 0 Å².